The zero-order valence-corrected chi connectivity index (χ0v) is 23.1. The molecule has 4 heterocycles. The second-order valence-electron chi connectivity index (χ2n) is 9.72. The van der Waals surface area contributed by atoms with Gasteiger partial charge in [0, 0.05) is 16.5 Å². The number of thiophene rings is 2. The predicted octanol–water partition coefficient (Wildman–Crippen LogP) is 9.32. The van der Waals surface area contributed by atoms with Crippen LogP contribution in [0.15, 0.2) is 93.8 Å². The minimum absolute atomic E-state index is 0.515. The average molecular weight is 557 g/mol. The van der Waals surface area contributed by atoms with Crippen LogP contribution in [0.3, 0.4) is 0 Å². The van der Waals surface area contributed by atoms with Crippen LogP contribution in [0.1, 0.15) is 11.1 Å². The number of fused-ring (bicyclic) bond motifs is 3. The van der Waals surface area contributed by atoms with Crippen molar-refractivity contribution in [3.63, 3.8) is 0 Å². The first kappa shape index (κ1) is 23.2. The van der Waals surface area contributed by atoms with Gasteiger partial charge in [0.1, 0.15) is 0 Å². The third-order valence-electron chi connectivity index (χ3n) is 7.26. The molecular formula is C32H20N4O2S2. The van der Waals surface area contributed by atoms with Crippen molar-refractivity contribution in [1.29, 1.82) is 0 Å². The Labute approximate surface area is 236 Å². The van der Waals surface area contributed by atoms with Gasteiger partial charge in [-0.3, -0.25) is 0 Å². The molecule has 6 nitrogen and oxygen atoms in total. The van der Waals surface area contributed by atoms with E-state index in [1.807, 2.05) is 36.4 Å². The summed E-state index contributed by atoms with van der Waals surface area (Å²) in [6, 6.07) is 28.8. The molecule has 8 rings (SSSR count). The smallest absolute Gasteiger partial charge is 0.258 e. The first-order valence-electron chi connectivity index (χ1n) is 12.8. The third-order valence-corrected chi connectivity index (χ3v) is 9.91. The Bertz CT molecular complexity index is 2070. The lowest BCUT2D eigenvalue weighted by Crippen LogP contribution is -1.80. The van der Waals surface area contributed by atoms with Gasteiger partial charge >= 0.3 is 0 Å². The quantitative estimate of drug-likeness (QED) is 0.215. The second-order valence-corrected chi connectivity index (χ2v) is 12.0. The van der Waals surface area contributed by atoms with Gasteiger partial charge in [-0.05, 0) is 70.8 Å². The highest BCUT2D eigenvalue weighted by Gasteiger charge is 2.24. The molecule has 0 radical (unpaired) electrons. The van der Waals surface area contributed by atoms with Crippen molar-refractivity contribution in [2.24, 2.45) is 0 Å². The maximum Gasteiger partial charge on any atom is 0.258 e. The summed E-state index contributed by atoms with van der Waals surface area (Å²) < 4.78 is 13.5. The molecular weight excluding hydrogens is 537 g/mol. The summed E-state index contributed by atoms with van der Waals surface area (Å²) in [5, 5.41) is 23.3. The normalized spacial score (nSPS) is 11.8. The van der Waals surface area contributed by atoms with Gasteiger partial charge in [0.15, 0.2) is 0 Å². The van der Waals surface area contributed by atoms with Crippen LogP contribution >= 0.6 is 22.7 Å². The highest BCUT2D eigenvalue weighted by molar-refractivity contribution is 7.41. The largest absolute Gasteiger partial charge is 0.415 e. The standard InChI is InChI=1S/C32H20N4O2S2/c1-17-25-18(2)27(31-36-34-29(38-31)24-14-12-20-8-4-6-10-22(20)16-24)40-32(25)39-26(17)30-35-33-28(37-30)23-13-11-19-7-3-5-9-21(19)15-23/h3-16H,1-2H3. The lowest BCUT2D eigenvalue weighted by molar-refractivity contribution is 0.585. The molecule has 4 aromatic heterocycles. The van der Waals surface area contributed by atoms with Gasteiger partial charge in [-0.25, -0.2) is 0 Å². The number of aryl methyl sites for hydroxylation is 2. The summed E-state index contributed by atoms with van der Waals surface area (Å²) in [5.74, 6) is 2.10. The fraction of sp³-hybridized carbons (Fsp3) is 0.0625. The maximum absolute atomic E-state index is 6.17. The summed E-state index contributed by atoms with van der Waals surface area (Å²) in [5.41, 5.74) is 4.04. The Hall–Kier alpha value is -4.66. The van der Waals surface area contributed by atoms with Crippen LogP contribution in [0.5, 0.6) is 0 Å². The van der Waals surface area contributed by atoms with E-state index >= 15 is 0 Å². The van der Waals surface area contributed by atoms with Gasteiger partial charge in [-0.1, -0.05) is 60.7 Å². The molecule has 0 saturated carbocycles. The number of hydrogen-bond donors (Lipinski definition) is 0. The Kier molecular flexibility index (Phi) is 5.20. The summed E-state index contributed by atoms with van der Waals surface area (Å²) in [4.78, 5) is 1.97. The van der Waals surface area contributed by atoms with Crippen molar-refractivity contribution >= 4 is 53.6 Å². The first-order valence-corrected chi connectivity index (χ1v) is 14.4. The summed E-state index contributed by atoms with van der Waals surface area (Å²) >= 11 is 3.31. The van der Waals surface area contributed by atoms with Gasteiger partial charge in [0.2, 0.25) is 11.8 Å². The fourth-order valence-corrected chi connectivity index (χ4v) is 7.90. The monoisotopic (exact) mass is 556 g/mol. The van der Waals surface area contributed by atoms with Crippen molar-refractivity contribution in [3.05, 3.63) is 96.1 Å². The number of rotatable bonds is 4. The minimum Gasteiger partial charge on any atom is -0.415 e. The van der Waals surface area contributed by atoms with Crippen molar-refractivity contribution in [3.8, 4) is 44.4 Å². The molecule has 0 bridgehead atoms. The Morgan fingerprint density at radius 3 is 1.38 bits per heavy atom. The Balaban J connectivity index is 1.13. The van der Waals surface area contributed by atoms with Gasteiger partial charge in [-0.15, -0.1) is 43.1 Å². The third kappa shape index (κ3) is 3.68. The highest BCUT2D eigenvalue weighted by atomic mass is 32.2. The Morgan fingerprint density at radius 1 is 0.500 bits per heavy atom. The van der Waals surface area contributed by atoms with Crippen LogP contribution in [0, 0.1) is 13.8 Å². The van der Waals surface area contributed by atoms with Gasteiger partial charge in [-0.2, -0.15) is 0 Å². The van der Waals surface area contributed by atoms with E-state index in [-0.39, 0.29) is 0 Å². The number of nitrogens with zero attached hydrogens (tertiary/aromatic N) is 4. The molecule has 8 heteroatoms. The second kappa shape index (κ2) is 8.94. The number of benzene rings is 4. The molecule has 0 aliphatic rings. The van der Waals surface area contributed by atoms with Crippen LogP contribution in [-0.4, -0.2) is 20.4 Å². The lowest BCUT2D eigenvalue weighted by Gasteiger charge is -2.00. The van der Waals surface area contributed by atoms with Crippen molar-refractivity contribution in [2.75, 3.05) is 0 Å². The lowest BCUT2D eigenvalue weighted by atomic mass is 10.1. The molecule has 0 saturated heterocycles. The molecule has 8 aromatic rings. The molecule has 192 valence electrons. The van der Waals surface area contributed by atoms with E-state index in [1.54, 1.807) is 22.7 Å². The SMILES string of the molecule is Cc1c(-c2nnc(-c3ccc4ccccc4c3)o2)sc2sc(-c3nnc(-c4ccc5ccccc5c4)o3)c(C)c12. The van der Waals surface area contributed by atoms with E-state index in [4.69, 9.17) is 8.83 Å². The van der Waals surface area contributed by atoms with Crippen LogP contribution < -0.4 is 0 Å². The molecule has 0 unspecified atom stereocenters. The minimum atomic E-state index is 0.515. The molecule has 0 spiro atoms. The molecule has 0 fully saturated rings. The topological polar surface area (TPSA) is 77.8 Å². The first-order chi connectivity index (χ1) is 19.6. The van der Waals surface area contributed by atoms with Gasteiger partial charge < -0.3 is 8.83 Å². The molecule has 0 N–H and O–H groups in total. The van der Waals surface area contributed by atoms with Crippen LogP contribution in [-0.2, 0) is 0 Å². The molecule has 0 amide bonds. The van der Waals surface area contributed by atoms with Crippen LogP contribution in [0.25, 0.3) is 75.4 Å². The highest BCUT2D eigenvalue weighted by Crippen LogP contribution is 2.47. The van der Waals surface area contributed by atoms with Crippen molar-refractivity contribution in [1.82, 2.24) is 20.4 Å². The number of hydrogen-bond acceptors (Lipinski definition) is 8. The zero-order chi connectivity index (χ0) is 26.8. The Morgan fingerprint density at radius 2 is 0.925 bits per heavy atom. The van der Waals surface area contributed by atoms with Gasteiger partial charge in [0.25, 0.3) is 11.8 Å². The summed E-state index contributed by atoms with van der Waals surface area (Å²) in [6.07, 6.45) is 0. The average Bonchev–Trinajstić information content (AvgIpc) is 3.78. The molecule has 0 aliphatic heterocycles. The maximum atomic E-state index is 6.17. The zero-order valence-electron chi connectivity index (χ0n) is 21.5. The van der Waals surface area contributed by atoms with Crippen LogP contribution in [0.2, 0.25) is 0 Å². The molecule has 0 atom stereocenters. The van der Waals surface area contributed by atoms with E-state index < -0.39 is 0 Å². The van der Waals surface area contributed by atoms with Crippen molar-refractivity contribution < 1.29 is 8.83 Å². The van der Waals surface area contributed by atoms with E-state index in [2.05, 4.69) is 82.8 Å². The van der Waals surface area contributed by atoms with E-state index in [0.717, 1.165) is 46.8 Å². The molecule has 4 aromatic carbocycles. The van der Waals surface area contributed by atoms with Gasteiger partial charge in [0.05, 0.1) is 13.8 Å². The molecule has 40 heavy (non-hydrogen) atoms. The summed E-state index contributed by atoms with van der Waals surface area (Å²) in [7, 11) is 0. The van der Waals surface area contributed by atoms with E-state index in [9.17, 15) is 0 Å². The van der Waals surface area contributed by atoms with Crippen molar-refractivity contribution in [2.45, 2.75) is 13.8 Å². The van der Waals surface area contributed by atoms with Crippen LogP contribution in [0.4, 0.5) is 0 Å². The fourth-order valence-electron chi connectivity index (χ4n) is 5.19. The van der Waals surface area contributed by atoms with E-state index in [1.165, 1.54) is 16.2 Å². The summed E-state index contributed by atoms with van der Waals surface area (Å²) in [6.45, 7) is 4.21. The molecule has 0 aliphatic carbocycles. The van der Waals surface area contributed by atoms with E-state index in [0.29, 0.717) is 23.6 Å². The predicted molar refractivity (Wildman–Crippen MR) is 162 cm³/mol. The number of aromatic nitrogens is 4.